The van der Waals surface area contributed by atoms with E-state index in [4.69, 9.17) is 5.73 Å². The zero-order valence-corrected chi connectivity index (χ0v) is 9.92. The van der Waals surface area contributed by atoms with E-state index in [1.165, 1.54) is 0 Å². The van der Waals surface area contributed by atoms with Gasteiger partial charge in [-0.3, -0.25) is 4.79 Å². The molecule has 0 bridgehead atoms. The minimum absolute atomic E-state index is 0.0964. The number of H-pyrrole nitrogens is 1. The van der Waals surface area contributed by atoms with E-state index >= 15 is 0 Å². The molecule has 0 aliphatic rings. The van der Waals surface area contributed by atoms with Gasteiger partial charge in [0.1, 0.15) is 5.82 Å². The quantitative estimate of drug-likeness (QED) is 0.661. The van der Waals surface area contributed by atoms with Gasteiger partial charge in [0, 0.05) is 25.4 Å². The first-order valence-corrected chi connectivity index (χ1v) is 5.61. The normalized spacial score (nSPS) is 14.4. The third-order valence-corrected chi connectivity index (χ3v) is 2.49. The van der Waals surface area contributed by atoms with Gasteiger partial charge >= 0.3 is 0 Å². The summed E-state index contributed by atoms with van der Waals surface area (Å²) >= 11 is 0. The van der Waals surface area contributed by atoms with Gasteiger partial charge in [-0.25, -0.2) is 4.98 Å². The predicted octanol–water partition coefficient (Wildman–Crippen LogP) is 0.586. The number of carbonyl (C=O) groups is 1. The number of nitrogens with two attached hydrogens (primary N) is 1. The number of imidazole rings is 1. The molecule has 1 rings (SSSR count). The second-order valence-corrected chi connectivity index (χ2v) is 4.21. The fourth-order valence-electron chi connectivity index (χ4n) is 1.56. The Labute approximate surface area is 95.8 Å². The lowest BCUT2D eigenvalue weighted by Gasteiger charge is -2.22. The van der Waals surface area contributed by atoms with Crippen molar-refractivity contribution in [2.45, 2.75) is 38.6 Å². The Morgan fingerprint density at radius 2 is 2.44 bits per heavy atom. The zero-order valence-electron chi connectivity index (χ0n) is 9.92. The van der Waals surface area contributed by atoms with Crippen LogP contribution in [0.4, 0.5) is 0 Å². The van der Waals surface area contributed by atoms with Crippen LogP contribution < -0.4 is 11.1 Å². The highest BCUT2D eigenvalue weighted by atomic mass is 16.2. The number of hydrogen-bond acceptors (Lipinski definition) is 3. The fourth-order valence-corrected chi connectivity index (χ4v) is 1.56. The van der Waals surface area contributed by atoms with E-state index in [-0.39, 0.29) is 5.91 Å². The average molecular weight is 224 g/mol. The maximum absolute atomic E-state index is 11.7. The molecule has 1 amide bonds. The van der Waals surface area contributed by atoms with Gasteiger partial charge in [-0.2, -0.15) is 0 Å². The average Bonchev–Trinajstić information content (AvgIpc) is 2.70. The number of aromatic amines is 1. The monoisotopic (exact) mass is 224 g/mol. The molecule has 0 aromatic carbocycles. The smallest absolute Gasteiger partial charge is 0.239 e. The minimum Gasteiger partial charge on any atom is -0.354 e. The van der Waals surface area contributed by atoms with Gasteiger partial charge in [0.2, 0.25) is 5.91 Å². The molecule has 90 valence electrons. The van der Waals surface area contributed by atoms with E-state index in [2.05, 4.69) is 15.3 Å². The summed E-state index contributed by atoms with van der Waals surface area (Å²) in [4.78, 5) is 18.8. The first kappa shape index (κ1) is 12.7. The SMILES string of the molecule is CCCC(C)(N)C(=O)NCCc1ncc[nH]1. The molecule has 1 aromatic heterocycles. The number of hydrogen-bond donors (Lipinski definition) is 3. The van der Waals surface area contributed by atoms with Crippen molar-refractivity contribution in [1.82, 2.24) is 15.3 Å². The van der Waals surface area contributed by atoms with Crippen molar-refractivity contribution >= 4 is 5.91 Å². The van der Waals surface area contributed by atoms with Crippen molar-refractivity contribution in [3.63, 3.8) is 0 Å². The Balaban J connectivity index is 2.30. The van der Waals surface area contributed by atoms with Crippen LogP contribution in [0.5, 0.6) is 0 Å². The first-order chi connectivity index (χ1) is 7.56. The van der Waals surface area contributed by atoms with Crippen LogP contribution in [0.25, 0.3) is 0 Å². The maximum atomic E-state index is 11.7. The molecular formula is C11H20N4O. The molecule has 0 saturated heterocycles. The lowest BCUT2D eigenvalue weighted by Crippen LogP contribution is -2.51. The third-order valence-electron chi connectivity index (χ3n) is 2.49. The topological polar surface area (TPSA) is 83.8 Å². The van der Waals surface area contributed by atoms with E-state index in [9.17, 15) is 4.79 Å². The molecule has 4 N–H and O–H groups in total. The van der Waals surface area contributed by atoms with Crippen LogP contribution in [0.1, 0.15) is 32.5 Å². The number of amides is 1. The van der Waals surface area contributed by atoms with Gasteiger partial charge in [-0.15, -0.1) is 0 Å². The molecule has 0 aliphatic heterocycles. The molecule has 0 saturated carbocycles. The Bertz CT molecular complexity index is 319. The molecule has 1 atom stereocenters. The van der Waals surface area contributed by atoms with Crippen molar-refractivity contribution in [3.8, 4) is 0 Å². The molecule has 16 heavy (non-hydrogen) atoms. The summed E-state index contributed by atoms with van der Waals surface area (Å²) in [6.45, 7) is 4.34. The number of nitrogens with zero attached hydrogens (tertiary/aromatic N) is 1. The highest BCUT2D eigenvalue weighted by Crippen LogP contribution is 2.08. The zero-order chi connectivity index (χ0) is 12.0. The van der Waals surface area contributed by atoms with Crippen LogP contribution in [0.15, 0.2) is 12.4 Å². The number of aromatic nitrogens is 2. The lowest BCUT2D eigenvalue weighted by molar-refractivity contribution is -0.126. The Kier molecular flexibility index (Phi) is 4.49. The van der Waals surface area contributed by atoms with Crippen LogP contribution in [0.3, 0.4) is 0 Å². The molecule has 5 heteroatoms. The number of rotatable bonds is 6. The highest BCUT2D eigenvalue weighted by Gasteiger charge is 2.26. The molecule has 0 radical (unpaired) electrons. The molecule has 0 spiro atoms. The summed E-state index contributed by atoms with van der Waals surface area (Å²) in [7, 11) is 0. The molecule has 0 fully saturated rings. The fraction of sp³-hybridized carbons (Fsp3) is 0.636. The van der Waals surface area contributed by atoms with Gasteiger partial charge in [0.05, 0.1) is 5.54 Å². The number of nitrogens with one attached hydrogen (secondary N) is 2. The summed E-state index contributed by atoms with van der Waals surface area (Å²) in [5, 5.41) is 2.82. The Morgan fingerprint density at radius 1 is 1.69 bits per heavy atom. The van der Waals surface area contributed by atoms with Crippen LogP contribution >= 0.6 is 0 Å². The summed E-state index contributed by atoms with van der Waals surface area (Å²) in [5.41, 5.74) is 5.13. The highest BCUT2D eigenvalue weighted by molar-refractivity contribution is 5.85. The lowest BCUT2D eigenvalue weighted by atomic mass is 9.96. The van der Waals surface area contributed by atoms with Gasteiger partial charge in [0.25, 0.3) is 0 Å². The summed E-state index contributed by atoms with van der Waals surface area (Å²) in [6.07, 6.45) is 5.75. The maximum Gasteiger partial charge on any atom is 0.239 e. The first-order valence-electron chi connectivity index (χ1n) is 5.61. The van der Waals surface area contributed by atoms with Gasteiger partial charge < -0.3 is 16.0 Å². The summed E-state index contributed by atoms with van der Waals surface area (Å²) in [5.74, 6) is 0.774. The van der Waals surface area contributed by atoms with Crippen LogP contribution in [-0.2, 0) is 11.2 Å². The molecule has 1 heterocycles. The third kappa shape index (κ3) is 3.66. The van der Waals surface area contributed by atoms with E-state index < -0.39 is 5.54 Å². The molecule has 0 aliphatic carbocycles. The second kappa shape index (κ2) is 5.65. The van der Waals surface area contributed by atoms with Crippen LogP contribution in [0.2, 0.25) is 0 Å². The van der Waals surface area contributed by atoms with E-state index in [1.807, 2.05) is 6.92 Å². The van der Waals surface area contributed by atoms with E-state index in [0.29, 0.717) is 19.4 Å². The van der Waals surface area contributed by atoms with Crippen molar-refractivity contribution in [2.24, 2.45) is 5.73 Å². The minimum atomic E-state index is -0.766. The standard InChI is InChI=1S/C11H20N4O/c1-3-5-11(2,12)10(16)15-6-4-9-13-7-8-14-9/h7-8H,3-6,12H2,1-2H3,(H,13,14)(H,15,16). The van der Waals surface area contributed by atoms with Crippen molar-refractivity contribution in [3.05, 3.63) is 18.2 Å². The van der Waals surface area contributed by atoms with Gasteiger partial charge in [-0.05, 0) is 13.3 Å². The van der Waals surface area contributed by atoms with Crippen molar-refractivity contribution < 1.29 is 4.79 Å². The van der Waals surface area contributed by atoms with Crippen LogP contribution in [0, 0.1) is 0 Å². The van der Waals surface area contributed by atoms with E-state index in [0.717, 1.165) is 12.2 Å². The van der Waals surface area contributed by atoms with Crippen molar-refractivity contribution in [2.75, 3.05) is 6.54 Å². The van der Waals surface area contributed by atoms with Gasteiger partial charge in [-0.1, -0.05) is 13.3 Å². The van der Waals surface area contributed by atoms with E-state index in [1.54, 1.807) is 19.3 Å². The van der Waals surface area contributed by atoms with Gasteiger partial charge in [0.15, 0.2) is 0 Å². The van der Waals surface area contributed by atoms with Crippen molar-refractivity contribution in [1.29, 1.82) is 0 Å². The molecule has 1 aromatic rings. The second-order valence-electron chi connectivity index (χ2n) is 4.21. The number of carbonyl (C=O) groups excluding carboxylic acids is 1. The Morgan fingerprint density at radius 3 is 3.00 bits per heavy atom. The Hall–Kier alpha value is -1.36. The van der Waals surface area contributed by atoms with Crippen LogP contribution in [-0.4, -0.2) is 28.0 Å². The predicted molar refractivity (Wildman–Crippen MR) is 62.8 cm³/mol. The molecule has 5 nitrogen and oxygen atoms in total. The summed E-state index contributed by atoms with van der Waals surface area (Å²) < 4.78 is 0. The molecular weight excluding hydrogens is 204 g/mol. The largest absolute Gasteiger partial charge is 0.354 e. The molecule has 1 unspecified atom stereocenters. The summed E-state index contributed by atoms with van der Waals surface area (Å²) in [6, 6.07) is 0.